The SMILES string of the molecule is CCNC(=O)c1ncoc1-c1ccc(OC)c(Cl)c1. The Kier molecular flexibility index (Phi) is 4.06. The van der Waals surface area contributed by atoms with Gasteiger partial charge in [-0.05, 0) is 25.1 Å². The van der Waals surface area contributed by atoms with Crippen molar-refractivity contribution in [2.75, 3.05) is 13.7 Å². The van der Waals surface area contributed by atoms with Gasteiger partial charge in [0, 0.05) is 12.1 Å². The first-order valence-electron chi connectivity index (χ1n) is 5.73. The Morgan fingerprint density at radius 1 is 1.53 bits per heavy atom. The number of aromatic nitrogens is 1. The molecule has 1 N–H and O–H groups in total. The lowest BCUT2D eigenvalue weighted by Gasteiger charge is -2.05. The van der Waals surface area contributed by atoms with Gasteiger partial charge in [0.25, 0.3) is 5.91 Å². The minimum atomic E-state index is -0.279. The number of halogens is 1. The van der Waals surface area contributed by atoms with Crippen molar-refractivity contribution >= 4 is 17.5 Å². The minimum absolute atomic E-state index is 0.239. The molecule has 100 valence electrons. The average Bonchev–Trinajstić information content (AvgIpc) is 2.88. The highest BCUT2D eigenvalue weighted by atomic mass is 35.5. The van der Waals surface area contributed by atoms with E-state index >= 15 is 0 Å². The Morgan fingerprint density at radius 2 is 2.32 bits per heavy atom. The van der Waals surface area contributed by atoms with E-state index in [2.05, 4.69) is 10.3 Å². The summed E-state index contributed by atoms with van der Waals surface area (Å²) in [4.78, 5) is 15.7. The molecule has 0 aliphatic carbocycles. The molecule has 0 bridgehead atoms. The predicted octanol–water partition coefficient (Wildman–Crippen LogP) is 2.75. The van der Waals surface area contributed by atoms with Crippen LogP contribution < -0.4 is 10.1 Å². The molecule has 2 aromatic rings. The van der Waals surface area contributed by atoms with Crippen LogP contribution in [0.1, 0.15) is 17.4 Å². The smallest absolute Gasteiger partial charge is 0.273 e. The summed E-state index contributed by atoms with van der Waals surface area (Å²) in [5, 5.41) is 3.12. The molecule has 1 amide bonds. The summed E-state index contributed by atoms with van der Waals surface area (Å²) in [6.45, 7) is 2.36. The van der Waals surface area contributed by atoms with Crippen molar-refractivity contribution in [2.24, 2.45) is 0 Å². The number of nitrogens with zero attached hydrogens (tertiary/aromatic N) is 1. The molecule has 6 heteroatoms. The van der Waals surface area contributed by atoms with E-state index in [4.69, 9.17) is 20.8 Å². The first kappa shape index (κ1) is 13.4. The Morgan fingerprint density at radius 3 is 2.95 bits per heavy atom. The van der Waals surface area contributed by atoms with Gasteiger partial charge in [0.2, 0.25) is 0 Å². The highest BCUT2D eigenvalue weighted by Gasteiger charge is 2.18. The van der Waals surface area contributed by atoms with Gasteiger partial charge in [0.1, 0.15) is 5.75 Å². The van der Waals surface area contributed by atoms with Gasteiger partial charge in [0.15, 0.2) is 17.8 Å². The lowest BCUT2D eigenvalue weighted by atomic mass is 10.1. The largest absolute Gasteiger partial charge is 0.495 e. The zero-order chi connectivity index (χ0) is 13.8. The number of amides is 1. The van der Waals surface area contributed by atoms with E-state index in [1.807, 2.05) is 6.92 Å². The lowest BCUT2D eigenvalue weighted by Crippen LogP contribution is -2.23. The topological polar surface area (TPSA) is 64.4 Å². The average molecular weight is 281 g/mol. The molecular formula is C13H13ClN2O3. The first-order valence-corrected chi connectivity index (χ1v) is 6.10. The summed E-state index contributed by atoms with van der Waals surface area (Å²) >= 11 is 6.05. The summed E-state index contributed by atoms with van der Waals surface area (Å²) in [5.74, 6) is 0.665. The summed E-state index contributed by atoms with van der Waals surface area (Å²) < 4.78 is 10.4. The number of hydrogen-bond donors (Lipinski definition) is 1. The molecule has 0 fully saturated rings. The van der Waals surface area contributed by atoms with Gasteiger partial charge in [0.05, 0.1) is 12.1 Å². The molecule has 0 saturated carbocycles. The van der Waals surface area contributed by atoms with Crippen molar-refractivity contribution in [3.63, 3.8) is 0 Å². The van der Waals surface area contributed by atoms with Gasteiger partial charge in [-0.1, -0.05) is 11.6 Å². The molecule has 1 aromatic heterocycles. The predicted molar refractivity (Wildman–Crippen MR) is 71.5 cm³/mol. The third-order valence-corrected chi connectivity index (χ3v) is 2.83. The van der Waals surface area contributed by atoms with Crippen LogP contribution in [0.3, 0.4) is 0 Å². The van der Waals surface area contributed by atoms with Crippen LogP contribution in [0.4, 0.5) is 0 Å². The Bertz CT molecular complexity index is 595. The fourth-order valence-electron chi connectivity index (χ4n) is 1.66. The number of carbonyl (C=O) groups is 1. The normalized spacial score (nSPS) is 10.3. The zero-order valence-electron chi connectivity index (χ0n) is 10.6. The third-order valence-electron chi connectivity index (χ3n) is 2.53. The molecule has 1 heterocycles. The summed E-state index contributed by atoms with van der Waals surface area (Å²) in [6.07, 6.45) is 1.23. The van der Waals surface area contributed by atoms with Crippen LogP contribution in [0.5, 0.6) is 5.75 Å². The molecule has 2 rings (SSSR count). The highest BCUT2D eigenvalue weighted by Crippen LogP contribution is 2.31. The molecule has 5 nitrogen and oxygen atoms in total. The van der Waals surface area contributed by atoms with Gasteiger partial charge < -0.3 is 14.5 Å². The van der Waals surface area contributed by atoms with Gasteiger partial charge >= 0.3 is 0 Å². The summed E-state index contributed by atoms with van der Waals surface area (Å²) in [5.41, 5.74) is 0.910. The Labute approximate surface area is 115 Å². The van der Waals surface area contributed by atoms with E-state index in [0.717, 1.165) is 0 Å². The van der Waals surface area contributed by atoms with Crippen LogP contribution in [-0.2, 0) is 0 Å². The van der Waals surface area contributed by atoms with Crippen molar-refractivity contribution in [3.8, 4) is 17.1 Å². The number of hydrogen-bond acceptors (Lipinski definition) is 4. The van der Waals surface area contributed by atoms with Crippen LogP contribution in [0, 0.1) is 0 Å². The fraction of sp³-hybridized carbons (Fsp3) is 0.231. The number of rotatable bonds is 4. The van der Waals surface area contributed by atoms with Crippen LogP contribution in [0.15, 0.2) is 29.0 Å². The molecule has 0 unspecified atom stereocenters. The molecule has 0 aliphatic heterocycles. The Hall–Kier alpha value is -2.01. The van der Waals surface area contributed by atoms with Crippen LogP contribution >= 0.6 is 11.6 Å². The van der Waals surface area contributed by atoms with Crippen molar-refractivity contribution < 1.29 is 13.9 Å². The van der Waals surface area contributed by atoms with Crippen molar-refractivity contribution in [1.82, 2.24) is 10.3 Å². The van der Waals surface area contributed by atoms with E-state index in [0.29, 0.717) is 28.6 Å². The molecular weight excluding hydrogens is 268 g/mol. The molecule has 0 aliphatic rings. The maximum atomic E-state index is 11.8. The quantitative estimate of drug-likeness (QED) is 0.935. The number of methoxy groups -OCH3 is 1. The maximum absolute atomic E-state index is 11.8. The monoisotopic (exact) mass is 280 g/mol. The second-order valence-corrected chi connectivity index (χ2v) is 4.15. The maximum Gasteiger partial charge on any atom is 0.273 e. The highest BCUT2D eigenvalue weighted by molar-refractivity contribution is 6.32. The van der Waals surface area contributed by atoms with Gasteiger partial charge in [-0.25, -0.2) is 4.98 Å². The standard InChI is InChI=1S/C13H13ClN2O3/c1-3-15-13(17)11-12(19-7-16-11)8-4-5-10(18-2)9(14)6-8/h4-7H,3H2,1-2H3,(H,15,17). The minimum Gasteiger partial charge on any atom is -0.495 e. The second kappa shape index (κ2) is 5.75. The van der Waals surface area contributed by atoms with Crippen LogP contribution in [0.25, 0.3) is 11.3 Å². The Balaban J connectivity index is 2.40. The van der Waals surface area contributed by atoms with Gasteiger partial charge in [-0.2, -0.15) is 0 Å². The molecule has 0 saturated heterocycles. The van der Waals surface area contributed by atoms with Crippen molar-refractivity contribution in [3.05, 3.63) is 35.3 Å². The number of oxazole rings is 1. The van der Waals surface area contributed by atoms with Gasteiger partial charge in [-0.3, -0.25) is 4.79 Å². The van der Waals surface area contributed by atoms with E-state index in [1.165, 1.54) is 13.5 Å². The number of ether oxygens (including phenoxy) is 1. The molecule has 0 radical (unpaired) electrons. The summed E-state index contributed by atoms with van der Waals surface area (Å²) in [7, 11) is 1.54. The second-order valence-electron chi connectivity index (χ2n) is 3.74. The van der Waals surface area contributed by atoms with Gasteiger partial charge in [-0.15, -0.1) is 0 Å². The lowest BCUT2D eigenvalue weighted by molar-refractivity contribution is 0.0951. The molecule has 19 heavy (non-hydrogen) atoms. The van der Waals surface area contributed by atoms with Crippen molar-refractivity contribution in [1.29, 1.82) is 0 Å². The third kappa shape index (κ3) is 2.71. The van der Waals surface area contributed by atoms with Crippen molar-refractivity contribution in [2.45, 2.75) is 6.92 Å². The number of benzene rings is 1. The van der Waals surface area contributed by atoms with E-state index in [9.17, 15) is 4.79 Å². The van der Waals surface area contributed by atoms with Crippen LogP contribution in [-0.4, -0.2) is 24.5 Å². The zero-order valence-corrected chi connectivity index (χ0v) is 11.3. The number of carbonyl (C=O) groups excluding carboxylic acids is 1. The van der Waals surface area contributed by atoms with E-state index in [-0.39, 0.29) is 11.6 Å². The molecule has 0 spiro atoms. The first-order chi connectivity index (χ1) is 9.17. The van der Waals surface area contributed by atoms with E-state index < -0.39 is 0 Å². The van der Waals surface area contributed by atoms with E-state index in [1.54, 1.807) is 18.2 Å². The fourth-order valence-corrected chi connectivity index (χ4v) is 1.92. The summed E-state index contributed by atoms with van der Waals surface area (Å²) in [6, 6.07) is 5.14. The van der Waals surface area contributed by atoms with Crippen LogP contribution in [0.2, 0.25) is 5.02 Å². The number of nitrogens with one attached hydrogen (secondary N) is 1. The molecule has 0 atom stereocenters. The molecule has 1 aromatic carbocycles.